The van der Waals surface area contributed by atoms with Crippen molar-refractivity contribution in [3.8, 4) is 0 Å². The molecule has 74 valence electrons. The molecule has 1 aromatic rings. The van der Waals surface area contributed by atoms with Crippen molar-refractivity contribution in [1.82, 2.24) is 0 Å². The smallest absolute Gasteiger partial charge is 0.342 e. The van der Waals surface area contributed by atoms with Crippen LogP contribution < -0.4 is 0 Å². The van der Waals surface area contributed by atoms with Crippen LogP contribution in [0.25, 0.3) is 0 Å². The topological polar surface area (TPSA) is 37.3 Å². The Kier molecular flexibility index (Phi) is 2.10. The second-order valence-electron chi connectivity index (χ2n) is 3.48. The lowest BCUT2D eigenvalue weighted by Gasteiger charge is -2.02. The molecule has 1 aliphatic carbocycles. The van der Waals surface area contributed by atoms with Crippen LogP contribution in [0.5, 0.6) is 0 Å². The second-order valence-corrected chi connectivity index (χ2v) is 4.40. The number of halogens is 2. The minimum absolute atomic E-state index is 0.0821. The number of hydrogen-bond acceptors (Lipinski definition) is 1. The van der Waals surface area contributed by atoms with E-state index >= 15 is 0 Å². The molecule has 0 amide bonds. The minimum Gasteiger partial charge on any atom is -0.479 e. The molecule has 1 aromatic carbocycles. The zero-order valence-electron chi connectivity index (χ0n) is 7.21. The molecule has 1 saturated carbocycles. The molecule has 1 N–H and O–H groups in total. The summed E-state index contributed by atoms with van der Waals surface area (Å²) in [7, 11) is 0. The Bertz CT molecular complexity index is 393. The molecule has 0 radical (unpaired) electrons. The first-order valence-corrected chi connectivity index (χ1v) is 5.01. The van der Waals surface area contributed by atoms with E-state index < -0.39 is 17.6 Å². The van der Waals surface area contributed by atoms with Gasteiger partial charge in [0.2, 0.25) is 5.67 Å². The third kappa shape index (κ3) is 1.43. The molecule has 1 aliphatic rings. The van der Waals surface area contributed by atoms with Crippen LogP contribution in [0.3, 0.4) is 0 Å². The highest BCUT2D eigenvalue weighted by Crippen LogP contribution is 2.54. The molecule has 2 unspecified atom stereocenters. The van der Waals surface area contributed by atoms with Crippen LogP contribution in [0.1, 0.15) is 17.9 Å². The zero-order chi connectivity index (χ0) is 10.3. The second kappa shape index (κ2) is 3.05. The fraction of sp³-hybridized carbons (Fsp3) is 0.300. The Morgan fingerprint density at radius 1 is 1.64 bits per heavy atom. The maximum absolute atomic E-state index is 13.5. The van der Waals surface area contributed by atoms with Crippen LogP contribution in [0.15, 0.2) is 28.7 Å². The van der Waals surface area contributed by atoms with Gasteiger partial charge in [-0.3, -0.25) is 0 Å². The van der Waals surface area contributed by atoms with E-state index in [1.807, 2.05) is 6.07 Å². The first-order valence-electron chi connectivity index (χ1n) is 4.22. The fourth-order valence-electron chi connectivity index (χ4n) is 1.58. The summed E-state index contributed by atoms with van der Waals surface area (Å²) in [5, 5.41) is 8.63. The molecule has 2 rings (SSSR count). The highest BCUT2D eigenvalue weighted by atomic mass is 79.9. The predicted octanol–water partition coefficient (Wildman–Crippen LogP) is 2.73. The summed E-state index contributed by atoms with van der Waals surface area (Å²) < 4.78 is 14.3. The molecule has 0 heterocycles. The molecule has 0 aromatic heterocycles. The average molecular weight is 259 g/mol. The van der Waals surface area contributed by atoms with Gasteiger partial charge >= 0.3 is 5.97 Å². The number of carbonyl (C=O) groups is 1. The van der Waals surface area contributed by atoms with Crippen molar-refractivity contribution >= 4 is 21.9 Å². The van der Waals surface area contributed by atoms with Crippen LogP contribution in [0, 0.1) is 0 Å². The van der Waals surface area contributed by atoms with Gasteiger partial charge in [0, 0.05) is 16.8 Å². The van der Waals surface area contributed by atoms with Gasteiger partial charge in [-0.2, -0.15) is 0 Å². The standard InChI is InChI=1S/C10H8BrFO2/c11-7-3-1-2-6(4-7)8-5-10(8,12)9(13)14/h1-4,8H,5H2,(H,13,14). The van der Waals surface area contributed by atoms with E-state index in [0.29, 0.717) is 0 Å². The van der Waals surface area contributed by atoms with Crippen molar-refractivity contribution in [3.63, 3.8) is 0 Å². The molecule has 2 atom stereocenters. The number of rotatable bonds is 2. The molecule has 0 spiro atoms. The third-order valence-corrected chi connectivity index (χ3v) is 2.99. The number of aliphatic carboxylic acids is 1. The van der Waals surface area contributed by atoms with E-state index in [0.717, 1.165) is 10.0 Å². The summed E-state index contributed by atoms with van der Waals surface area (Å²) in [6.45, 7) is 0. The van der Waals surface area contributed by atoms with Crippen molar-refractivity contribution in [3.05, 3.63) is 34.3 Å². The Morgan fingerprint density at radius 2 is 2.36 bits per heavy atom. The van der Waals surface area contributed by atoms with Crippen molar-refractivity contribution in [1.29, 1.82) is 0 Å². The lowest BCUT2D eigenvalue weighted by molar-refractivity contribution is -0.144. The first-order chi connectivity index (χ1) is 6.54. The van der Waals surface area contributed by atoms with E-state index in [2.05, 4.69) is 15.9 Å². The highest BCUT2D eigenvalue weighted by molar-refractivity contribution is 9.10. The van der Waals surface area contributed by atoms with Crippen molar-refractivity contribution in [2.75, 3.05) is 0 Å². The Labute approximate surface area is 88.9 Å². The summed E-state index contributed by atoms with van der Waals surface area (Å²) in [5.41, 5.74) is -1.30. The normalized spacial score (nSPS) is 30.0. The van der Waals surface area contributed by atoms with Crippen molar-refractivity contribution in [2.24, 2.45) is 0 Å². The summed E-state index contributed by atoms with van der Waals surface area (Å²) in [5.74, 6) is -1.85. The quantitative estimate of drug-likeness (QED) is 0.886. The van der Waals surface area contributed by atoms with Gasteiger partial charge in [-0.15, -0.1) is 0 Å². The van der Waals surface area contributed by atoms with Crippen LogP contribution >= 0.6 is 15.9 Å². The Hall–Kier alpha value is -0.900. The molecule has 0 saturated heterocycles. The van der Waals surface area contributed by atoms with Crippen LogP contribution in [-0.2, 0) is 4.79 Å². The SMILES string of the molecule is O=C(O)C1(F)CC1c1cccc(Br)c1. The van der Waals surface area contributed by atoms with Crippen LogP contribution in [-0.4, -0.2) is 16.7 Å². The number of hydrogen-bond donors (Lipinski definition) is 1. The van der Waals surface area contributed by atoms with Gasteiger partial charge in [0.05, 0.1) is 0 Å². The third-order valence-electron chi connectivity index (χ3n) is 2.50. The first kappa shape index (κ1) is 9.65. The van der Waals surface area contributed by atoms with E-state index in [-0.39, 0.29) is 6.42 Å². The lowest BCUT2D eigenvalue weighted by atomic mass is 10.1. The maximum Gasteiger partial charge on any atom is 0.342 e. The Morgan fingerprint density at radius 3 is 2.86 bits per heavy atom. The van der Waals surface area contributed by atoms with Gasteiger partial charge in [-0.05, 0) is 17.7 Å². The van der Waals surface area contributed by atoms with E-state index in [1.165, 1.54) is 0 Å². The summed E-state index contributed by atoms with van der Waals surface area (Å²) in [6.07, 6.45) is 0.0821. The average Bonchev–Trinajstić information content (AvgIpc) is 2.80. The number of carboxylic acid groups (broad SMARTS) is 1. The fourth-order valence-corrected chi connectivity index (χ4v) is 2.00. The highest BCUT2D eigenvalue weighted by Gasteiger charge is 2.62. The minimum atomic E-state index is -2.04. The van der Waals surface area contributed by atoms with E-state index in [9.17, 15) is 9.18 Å². The summed E-state index contributed by atoms with van der Waals surface area (Å²) in [6, 6.07) is 7.11. The van der Waals surface area contributed by atoms with Gasteiger partial charge in [0.1, 0.15) is 0 Å². The molecule has 1 fully saturated rings. The molecule has 2 nitrogen and oxygen atoms in total. The monoisotopic (exact) mass is 258 g/mol. The molecule has 14 heavy (non-hydrogen) atoms. The molecular weight excluding hydrogens is 251 g/mol. The van der Waals surface area contributed by atoms with Gasteiger partial charge in [-0.1, -0.05) is 28.1 Å². The van der Waals surface area contributed by atoms with Gasteiger partial charge < -0.3 is 5.11 Å². The van der Waals surface area contributed by atoms with Crippen molar-refractivity contribution in [2.45, 2.75) is 18.0 Å². The molecule has 4 heteroatoms. The largest absolute Gasteiger partial charge is 0.479 e. The Balaban J connectivity index is 2.25. The molecular formula is C10H8BrFO2. The predicted molar refractivity (Wildman–Crippen MR) is 53.0 cm³/mol. The summed E-state index contributed by atoms with van der Waals surface area (Å²) in [4.78, 5) is 10.6. The van der Waals surface area contributed by atoms with Crippen molar-refractivity contribution < 1.29 is 14.3 Å². The molecule has 0 bridgehead atoms. The maximum atomic E-state index is 13.5. The number of carboxylic acids is 1. The summed E-state index contributed by atoms with van der Waals surface area (Å²) >= 11 is 3.26. The number of alkyl halides is 1. The van der Waals surface area contributed by atoms with Crippen LogP contribution in [0.2, 0.25) is 0 Å². The van der Waals surface area contributed by atoms with Crippen LogP contribution in [0.4, 0.5) is 4.39 Å². The van der Waals surface area contributed by atoms with E-state index in [4.69, 9.17) is 5.11 Å². The lowest BCUT2D eigenvalue weighted by Crippen LogP contribution is -2.17. The zero-order valence-corrected chi connectivity index (χ0v) is 8.79. The molecule has 0 aliphatic heterocycles. The van der Waals surface area contributed by atoms with Gasteiger partial charge in [0.15, 0.2) is 0 Å². The van der Waals surface area contributed by atoms with Gasteiger partial charge in [0.25, 0.3) is 0 Å². The number of benzene rings is 1. The van der Waals surface area contributed by atoms with Gasteiger partial charge in [-0.25, -0.2) is 9.18 Å². The van der Waals surface area contributed by atoms with E-state index in [1.54, 1.807) is 18.2 Å².